The smallest absolute Gasteiger partial charge is 0.265 e. The lowest BCUT2D eigenvalue weighted by Crippen LogP contribution is -2.26. The van der Waals surface area contributed by atoms with Crippen molar-refractivity contribution in [3.63, 3.8) is 0 Å². The first-order valence-electron chi connectivity index (χ1n) is 9.85. The second-order valence-corrected chi connectivity index (χ2v) is 10.8. The molecule has 0 atom stereocenters. The van der Waals surface area contributed by atoms with Crippen LogP contribution >= 0.6 is 22.9 Å². The summed E-state index contributed by atoms with van der Waals surface area (Å²) >= 11 is 7.17. The van der Waals surface area contributed by atoms with Gasteiger partial charge in [-0.15, -0.1) is 11.3 Å². The number of nitrogens with one attached hydrogen (secondary N) is 1. The van der Waals surface area contributed by atoms with E-state index < -0.39 is 10.0 Å². The molecule has 0 fully saturated rings. The van der Waals surface area contributed by atoms with Gasteiger partial charge >= 0.3 is 0 Å². The van der Waals surface area contributed by atoms with Gasteiger partial charge < -0.3 is 5.32 Å². The summed E-state index contributed by atoms with van der Waals surface area (Å²) in [4.78, 5) is 24.9. The Balaban J connectivity index is 1.59. The van der Waals surface area contributed by atoms with E-state index >= 15 is 0 Å². The number of rotatable bonds is 6. The highest BCUT2D eigenvalue weighted by Gasteiger charge is 2.22. The van der Waals surface area contributed by atoms with Crippen LogP contribution < -0.4 is 9.62 Å². The topological polar surface area (TPSA) is 83.6 Å². The Labute approximate surface area is 200 Å². The van der Waals surface area contributed by atoms with Gasteiger partial charge in [-0.25, -0.2) is 8.42 Å². The van der Waals surface area contributed by atoms with Crippen LogP contribution in [0.4, 0.5) is 11.4 Å². The summed E-state index contributed by atoms with van der Waals surface area (Å²) < 4.78 is 28.0. The maximum atomic E-state index is 13.0. The molecule has 0 aliphatic rings. The molecular weight excluding hydrogens is 480 g/mol. The minimum Gasteiger partial charge on any atom is -0.321 e. The third kappa shape index (κ3) is 4.78. The SMILES string of the molecule is CC(=O)c1cccc(NC(=O)c2cc3cc(N(C)S(=O)(=O)c4ccc(Cl)cc4)ccc3s2)c1. The van der Waals surface area contributed by atoms with E-state index in [1.54, 1.807) is 48.5 Å². The Morgan fingerprint density at radius 1 is 0.970 bits per heavy atom. The van der Waals surface area contributed by atoms with Gasteiger partial charge in [0.05, 0.1) is 15.5 Å². The molecule has 1 amide bonds. The van der Waals surface area contributed by atoms with E-state index in [2.05, 4.69) is 5.32 Å². The summed E-state index contributed by atoms with van der Waals surface area (Å²) in [5, 5.41) is 4.01. The molecule has 3 aromatic carbocycles. The molecule has 0 spiro atoms. The number of carbonyl (C=O) groups is 2. The number of benzene rings is 3. The van der Waals surface area contributed by atoms with Crippen molar-refractivity contribution in [2.45, 2.75) is 11.8 Å². The molecule has 4 aromatic rings. The van der Waals surface area contributed by atoms with Crippen molar-refractivity contribution in [3.05, 3.63) is 88.3 Å². The van der Waals surface area contributed by atoms with Crippen LogP contribution in [-0.2, 0) is 10.0 Å². The van der Waals surface area contributed by atoms with Crippen LogP contribution in [0.15, 0.2) is 77.7 Å². The fourth-order valence-corrected chi connectivity index (χ4v) is 5.50. The van der Waals surface area contributed by atoms with Gasteiger partial charge in [-0.2, -0.15) is 0 Å². The molecule has 0 radical (unpaired) electrons. The Morgan fingerprint density at radius 2 is 1.70 bits per heavy atom. The van der Waals surface area contributed by atoms with Crippen molar-refractivity contribution in [1.29, 1.82) is 0 Å². The Morgan fingerprint density at radius 3 is 2.39 bits per heavy atom. The molecule has 0 unspecified atom stereocenters. The van der Waals surface area contributed by atoms with Crippen molar-refractivity contribution < 1.29 is 18.0 Å². The lowest BCUT2D eigenvalue weighted by molar-refractivity contribution is 0.101. The minimum atomic E-state index is -3.77. The molecule has 9 heteroatoms. The number of anilines is 2. The molecule has 0 bridgehead atoms. The third-order valence-corrected chi connectivity index (χ3v) is 8.25. The Hall–Kier alpha value is -3.20. The van der Waals surface area contributed by atoms with E-state index in [0.717, 1.165) is 10.1 Å². The fraction of sp³-hybridized carbons (Fsp3) is 0.0833. The lowest BCUT2D eigenvalue weighted by Gasteiger charge is -2.19. The summed E-state index contributed by atoms with van der Waals surface area (Å²) in [6.07, 6.45) is 0. The molecular formula is C24H19ClN2O4S2. The third-order valence-electron chi connectivity index (χ3n) is 5.09. The van der Waals surface area contributed by atoms with Gasteiger partial charge in [-0.1, -0.05) is 23.7 Å². The minimum absolute atomic E-state index is 0.0850. The van der Waals surface area contributed by atoms with Gasteiger partial charge in [0.25, 0.3) is 15.9 Å². The standard InChI is InChI=1S/C24H19ClN2O4S2/c1-15(28)16-4-3-5-19(12-16)26-24(29)23-14-17-13-20(8-11-22(17)32-23)27(2)33(30,31)21-9-6-18(25)7-10-21/h3-14H,1-2H3,(H,26,29). The van der Waals surface area contributed by atoms with Crippen molar-refractivity contribution >= 4 is 66.1 Å². The van der Waals surface area contributed by atoms with Gasteiger partial charge in [0.1, 0.15) is 0 Å². The zero-order chi connectivity index (χ0) is 23.8. The number of Topliss-reactive ketones (excluding diaryl/α,β-unsaturated/α-hetero) is 1. The normalized spacial score (nSPS) is 11.4. The molecule has 0 saturated carbocycles. The molecule has 168 valence electrons. The van der Waals surface area contributed by atoms with Crippen LogP contribution in [0.5, 0.6) is 0 Å². The van der Waals surface area contributed by atoms with Crippen LogP contribution in [0.3, 0.4) is 0 Å². The molecule has 1 N–H and O–H groups in total. The van der Waals surface area contributed by atoms with Crippen LogP contribution in [0.2, 0.25) is 5.02 Å². The summed E-state index contributed by atoms with van der Waals surface area (Å²) in [7, 11) is -2.29. The number of sulfonamides is 1. The van der Waals surface area contributed by atoms with Crippen LogP contribution in [-0.4, -0.2) is 27.2 Å². The summed E-state index contributed by atoms with van der Waals surface area (Å²) in [6.45, 7) is 1.47. The van der Waals surface area contributed by atoms with Crippen molar-refractivity contribution in [2.24, 2.45) is 0 Å². The number of nitrogens with zero attached hydrogens (tertiary/aromatic N) is 1. The van der Waals surface area contributed by atoms with Gasteiger partial charge in [0.15, 0.2) is 5.78 Å². The maximum Gasteiger partial charge on any atom is 0.265 e. The largest absolute Gasteiger partial charge is 0.321 e. The first-order chi connectivity index (χ1) is 15.6. The second kappa shape index (κ2) is 8.97. The highest BCUT2D eigenvalue weighted by Crippen LogP contribution is 2.32. The van der Waals surface area contributed by atoms with Gasteiger partial charge in [-0.3, -0.25) is 13.9 Å². The van der Waals surface area contributed by atoms with Gasteiger partial charge in [0.2, 0.25) is 0 Å². The zero-order valence-corrected chi connectivity index (χ0v) is 20.1. The van der Waals surface area contributed by atoms with E-state index in [1.807, 2.05) is 0 Å². The maximum absolute atomic E-state index is 13.0. The molecule has 6 nitrogen and oxygen atoms in total. The first kappa shape index (κ1) is 23.0. The number of hydrogen-bond donors (Lipinski definition) is 1. The van der Waals surface area contributed by atoms with Gasteiger partial charge in [0, 0.05) is 28.0 Å². The molecule has 0 aliphatic carbocycles. The Bertz CT molecular complexity index is 1480. The zero-order valence-electron chi connectivity index (χ0n) is 17.7. The molecule has 33 heavy (non-hydrogen) atoms. The molecule has 1 heterocycles. The van der Waals surface area contributed by atoms with E-state index in [0.29, 0.717) is 26.8 Å². The molecule has 1 aromatic heterocycles. The lowest BCUT2D eigenvalue weighted by atomic mass is 10.1. The summed E-state index contributed by atoms with van der Waals surface area (Å²) in [5.74, 6) is -0.390. The quantitative estimate of drug-likeness (QED) is 0.339. The van der Waals surface area contributed by atoms with Crippen LogP contribution in [0.25, 0.3) is 10.1 Å². The number of halogens is 1. The summed E-state index contributed by atoms with van der Waals surface area (Å²) in [5.41, 5.74) is 1.51. The van der Waals surface area contributed by atoms with Crippen LogP contribution in [0.1, 0.15) is 27.0 Å². The summed E-state index contributed by atoms with van der Waals surface area (Å²) in [6, 6.07) is 19.6. The first-order valence-corrected chi connectivity index (χ1v) is 12.5. The number of thiophene rings is 1. The van der Waals surface area contributed by atoms with Crippen LogP contribution in [0, 0.1) is 0 Å². The van der Waals surface area contributed by atoms with E-state index in [4.69, 9.17) is 11.6 Å². The molecule has 4 rings (SSSR count). The average Bonchev–Trinajstić information content (AvgIpc) is 3.22. The van der Waals surface area contributed by atoms with E-state index in [9.17, 15) is 18.0 Å². The monoisotopic (exact) mass is 498 g/mol. The van der Waals surface area contributed by atoms with Crippen molar-refractivity contribution in [3.8, 4) is 0 Å². The molecule has 0 aliphatic heterocycles. The predicted molar refractivity (Wildman–Crippen MR) is 133 cm³/mol. The van der Waals surface area contributed by atoms with E-state index in [-0.39, 0.29) is 16.6 Å². The number of hydrogen-bond acceptors (Lipinski definition) is 5. The number of carbonyl (C=O) groups excluding carboxylic acids is 2. The number of ketones is 1. The highest BCUT2D eigenvalue weighted by atomic mass is 35.5. The van der Waals surface area contributed by atoms with E-state index in [1.165, 1.54) is 53.9 Å². The second-order valence-electron chi connectivity index (χ2n) is 7.35. The number of amides is 1. The predicted octanol–water partition coefficient (Wildman–Crippen LogP) is 5.83. The fourth-order valence-electron chi connectivity index (χ4n) is 3.25. The molecule has 0 saturated heterocycles. The van der Waals surface area contributed by atoms with Gasteiger partial charge in [-0.05, 0) is 73.0 Å². The number of fused-ring (bicyclic) bond motifs is 1. The average molecular weight is 499 g/mol. The van der Waals surface area contributed by atoms with Crippen molar-refractivity contribution in [1.82, 2.24) is 0 Å². The Kier molecular flexibility index (Phi) is 6.25. The highest BCUT2D eigenvalue weighted by molar-refractivity contribution is 7.92. The van der Waals surface area contributed by atoms with Crippen molar-refractivity contribution in [2.75, 3.05) is 16.7 Å².